The summed E-state index contributed by atoms with van der Waals surface area (Å²) in [4.78, 5) is 11.8. The van der Waals surface area contributed by atoms with Gasteiger partial charge >= 0.3 is 0 Å². The van der Waals surface area contributed by atoms with Crippen LogP contribution < -0.4 is 0 Å². The Bertz CT molecular complexity index is 364. The van der Waals surface area contributed by atoms with E-state index in [-0.39, 0.29) is 5.78 Å². The van der Waals surface area contributed by atoms with E-state index in [0.29, 0.717) is 12.2 Å². The predicted octanol–water partition coefficient (Wildman–Crippen LogP) is 2.52. The number of carbonyl (C=O) groups excluding carboxylic acids is 1. The summed E-state index contributed by atoms with van der Waals surface area (Å²) in [6, 6.07) is 0. The smallest absolute Gasteiger partial charge is 0.206 e. The average molecular weight is 236 g/mol. The summed E-state index contributed by atoms with van der Waals surface area (Å²) < 4.78 is 5.58. The Kier molecular flexibility index (Phi) is 4.70. The summed E-state index contributed by atoms with van der Waals surface area (Å²) in [7, 11) is 0. The first-order valence-electron chi connectivity index (χ1n) is 5.94. The molecule has 0 radical (unpaired) electrons. The molecule has 1 N–H and O–H groups in total. The SMILES string of the molecule is CC/C=C/C=C/[C@]1(C)OC(CC(C)O)=CC1=O. The first kappa shape index (κ1) is 13.7. The summed E-state index contributed by atoms with van der Waals surface area (Å²) in [5, 5.41) is 9.25. The Morgan fingerprint density at radius 1 is 1.53 bits per heavy atom. The van der Waals surface area contributed by atoms with Crippen molar-refractivity contribution in [3.05, 3.63) is 36.1 Å². The monoisotopic (exact) mass is 236 g/mol. The fourth-order valence-corrected chi connectivity index (χ4v) is 1.60. The van der Waals surface area contributed by atoms with Gasteiger partial charge in [-0.15, -0.1) is 0 Å². The van der Waals surface area contributed by atoms with Crippen LogP contribution in [-0.2, 0) is 9.53 Å². The molecular weight excluding hydrogens is 216 g/mol. The minimum Gasteiger partial charge on any atom is -0.479 e. The van der Waals surface area contributed by atoms with Crippen LogP contribution in [0.25, 0.3) is 0 Å². The van der Waals surface area contributed by atoms with E-state index in [2.05, 4.69) is 0 Å². The van der Waals surface area contributed by atoms with Gasteiger partial charge in [-0.05, 0) is 26.3 Å². The number of allylic oxidation sites excluding steroid dienone is 3. The van der Waals surface area contributed by atoms with E-state index in [4.69, 9.17) is 4.74 Å². The van der Waals surface area contributed by atoms with Crippen LogP contribution >= 0.6 is 0 Å². The van der Waals surface area contributed by atoms with Crippen LogP contribution in [-0.4, -0.2) is 22.6 Å². The van der Waals surface area contributed by atoms with Crippen molar-refractivity contribution in [2.24, 2.45) is 0 Å². The molecule has 1 heterocycles. The maximum atomic E-state index is 11.8. The first-order valence-corrected chi connectivity index (χ1v) is 5.94. The number of hydrogen-bond donors (Lipinski definition) is 1. The summed E-state index contributed by atoms with van der Waals surface area (Å²) in [5.41, 5.74) is -0.914. The molecule has 1 aliphatic heterocycles. The molecule has 0 aromatic rings. The van der Waals surface area contributed by atoms with E-state index in [0.717, 1.165) is 6.42 Å². The molecule has 3 heteroatoms. The summed E-state index contributed by atoms with van der Waals surface area (Å²) in [5.74, 6) is 0.478. The van der Waals surface area contributed by atoms with Crippen LogP contribution in [0.2, 0.25) is 0 Å². The van der Waals surface area contributed by atoms with Gasteiger partial charge in [0.2, 0.25) is 5.78 Å². The number of aliphatic hydroxyl groups is 1. The second-order valence-corrected chi connectivity index (χ2v) is 4.43. The van der Waals surface area contributed by atoms with E-state index in [1.54, 1.807) is 19.9 Å². The summed E-state index contributed by atoms with van der Waals surface area (Å²) in [6.45, 7) is 5.45. The summed E-state index contributed by atoms with van der Waals surface area (Å²) in [6.07, 6.45) is 9.77. The fraction of sp³-hybridized carbons (Fsp3) is 0.500. The molecule has 0 aromatic heterocycles. The number of aliphatic hydroxyl groups excluding tert-OH is 1. The average Bonchev–Trinajstić information content (AvgIpc) is 2.49. The molecule has 0 spiro atoms. The lowest BCUT2D eigenvalue weighted by atomic mass is 10.0. The van der Waals surface area contributed by atoms with Gasteiger partial charge in [-0.3, -0.25) is 4.79 Å². The highest BCUT2D eigenvalue weighted by molar-refractivity contribution is 6.00. The Morgan fingerprint density at radius 3 is 2.82 bits per heavy atom. The molecule has 0 fully saturated rings. The molecule has 3 nitrogen and oxygen atoms in total. The molecule has 17 heavy (non-hydrogen) atoms. The maximum Gasteiger partial charge on any atom is 0.206 e. The normalized spacial score (nSPS) is 26.6. The zero-order chi connectivity index (χ0) is 12.9. The topological polar surface area (TPSA) is 46.5 Å². The minimum absolute atomic E-state index is 0.0747. The fourth-order valence-electron chi connectivity index (χ4n) is 1.60. The molecule has 0 aromatic carbocycles. The Labute approximate surface area is 102 Å². The quantitative estimate of drug-likeness (QED) is 0.746. The Morgan fingerprint density at radius 2 is 2.24 bits per heavy atom. The van der Waals surface area contributed by atoms with Crippen LogP contribution in [0, 0.1) is 0 Å². The second kappa shape index (κ2) is 5.82. The van der Waals surface area contributed by atoms with Gasteiger partial charge in [-0.25, -0.2) is 0 Å². The second-order valence-electron chi connectivity index (χ2n) is 4.43. The maximum absolute atomic E-state index is 11.8. The zero-order valence-electron chi connectivity index (χ0n) is 10.6. The minimum atomic E-state index is -0.914. The van der Waals surface area contributed by atoms with Crippen LogP contribution in [0.5, 0.6) is 0 Å². The van der Waals surface area contributed by atoms with Gasteiger partial charge in [0, 0.05) is 12.5 Å². The van der Waals surface area contributed by atoms with Crippen molar-refractivity contribution in [3.8, 4) is 0 Å². The van der Waals surface area contributed by atoms with Crippen molar-refractivity contribution in [2.45, 2.75) is 45.3 Å². The molecule has 1 unspecified atom stereocenters. The standard InChI is InChI=1S/C14H20O3/c1-4-5-6-7-8-14(3)13(16)10-12(17-14)9-11(2)15/h5-8,10-11,15H,4,9H2,1-3H3/b6-5+,8-7+/t11?,14-/m0/s1. The van der Waals surface area contributed by atoms with Crippen molar-refractivity contribution < 1.29 is 14.6 Å². The van der Waals surface area contributed by atoms with Crippen molar-refractivity contribution in [3.63, 3.8) is 0 Å². The third-order valence-corrected chi connectivity index (χ3v) is 2.52. The van der Waals surface area contributed by atoms with Gasteiger partial charge < -0.3 is 9.84 Å². The highest BCUT2D eigenvalue weighted by atomic mass is 16.5. The Balaban J connectivity index is 2.66. The van der Waals surface area contributed by atoms with Gasteiger partial charge in [0.05, 0.1) is 6.10 Å². The molecule has 1 aliphatic rings. The third-order valence-electron chi connectivity index (χ3n) is 2.52. The van der Waals surface area contributed by atoms with Crippen LogP contribution in [0.15, 0.2) is 36.1 Å². The molecule has 94 valence electrons. The predicted molar refractivity (Wildman–Crippen MR) is 67.4 cm³/mol. The van der Waals surface area contributed by atoms with Crippen molar-refractivity contribution in [2.75, 3.05) is 0 Å². The molecule has 1 rings (SSSR count). The molecule has 0 amide bonds. The van der Waals surface area contributed by atoms with Crippen LogP contribution in [0.1, 0.15) is 33.6 Å². The molecular formula is C14H20O3. The van der Waals surface area contributed by atoms with Crippen molar-refractivity contribution >= 4 is 5.78 Å². The van der Waals surface area contributed by atoms with Gasteiger partial charge in [-0.1, -0.05) is 25.2 Å². The van der Waals surface area contributed by atoms with E-state index in [1.165, 1.54) is 6.08 Å². The van der Waals surface area contributed by atoms with Gasteiger partial charge in [0.1, 0.15) is 5.76 Å². The van der Waals surface area contributed by atoms with E-state index >= 15 is 0 Å². The third kappa shape index (κ3) is 3.86. The number of carbonyl (C=O) groups is 1. The lowest BCUT2D eigenvalue weighted by molar-refractivity contribution is -0.124. The largest absolute Gasteiger partial charge is 0.479 e. The molecule has 0 bridgehead atoms. The highest BCUT2D eigenvalue weighted by Crippen LogP contribution is 2.28. The molecule has 0 saturated carbocycles. The van der Waals surface area contributed by atoms with Crippen molar-refractivity contribution in [1.29, 1.82) is 0 Å². The molecule has 0 saturated heterocycles. The molecule has 0 aliphatic carbocycles. The summed E-state index contributed by atoms with van der Waals surface area (Å²) >= 11 is 0. The van der Waals surface area contributed by atoms with E-state index in [1.807, 2.05) is 25.2 Å². The number of ketones is 1. The van der Waals surface area contributed by atoms with Crippen LogP contribution in [0.3, 0.4) is 0 Å². The lowest BCUT2D eigenvalue weighted by Crippen LogP contribution is -2.29. The molecule has 2 atom stereocenters. The van der Waals surface area contributed by atoms with Gasteiger partial charge in [0.25, 0.3) is 0 Å². The van der Waals surface area contributed by atoms with Gasteiger partial charge in [0.15, 0.2) is 5.60 Å². The highest BCUT2D eigenvalue weighted by Gasteiger charge is 2.37. The number of hydrogen-bond acceptors (Lipinski definition) is 3. The lowest BCUT2D eigenvalue weighted by Gasteiger charge is -2.20. The van der Waals surface area contributed by atoms with Crippen molar-refractivity contribution in [1.82, 2.24) is 0 Å². The first-order chi connectivity index (χ1) is 7.98. The van der Waals surface area contributed by atoms with Gasteiger partial charge in [-0.2, -0.15) is 0 Å². The van der Waals surface area contributed by atoms with Crippen LogP contribution in [0.4, 0.5) is 0 Å². The number of ether oxygens (including phenoxy) is 1. The Hall–Kier alpha value is -1.35. The zero-order valence-corrected chi connectivity index (χ0v) is 10.6. The number of rotatable bonds is 5. The van der Waals surface area contributed by atoms with E-state index in [9.17, 15) is 9.90 Å². The van der Waals surface area contributed by atoms with E-state index < -0.39 is 11.7 Å².